The Morgan fingerprint density at radius 1 is 0.392 bits per heavy atom. The Hall–Kier alpha value is -1.10. The molecule has 4 rings (SSSR count). The van der Waals surface area contributed by atoms with Crippen molar-refractivity contribution in [2.45, 2.75) is 372 Å². The van der Waals surface area contributed by atoms with E-state index in [0.29, 0.717) is 23.4 Å². The van der Waals surface area contributed by atoms with Gasteiger partial charge in [0, 0.05) is 46.1 Å². The van der Waals surface area contributed by atoms with E-state index in [1.807, 2.05) is 20.8 Å². The van der Waals surface area contributed by atoms with Crippen LogP contribution in [0, 0.1) is 23.0 Å². The summed E-state index contributed by atoms with van der Waals surface area (Å²) < 4.78 is 0. The first kappa shape index (κ1) is 77.1. The molecule has 0 aromatic carbocycles. The summed E-state index contributed by atoms with van der Waals surface area (Å²) in [5.74, 6) is 2.32. The van der Waals surface area contributed by atoms with Gasteiger partial charge in [-0.25, -0.2) is 0 Å². The minimum Gasteiger partial charge on any atom is -0.634 e. The van der Waals surface area contributed by atoms with Gasteiger partial charge >= 0.3 is 0 Å². The lowest BCUT2D eigenvalue weighted by Gasteiger charge is -2.52. The van der Waals surface area contributed by atoms with Crippen molar-refractivity contribution in [3.8, 4) is 0 Å². The molecule has 0 bridgehead atoms. The molecule has 4 heterocycles. The van der Waals surface area contributed by atoms with Crippen LogP contribution < -0.4 is 5.06 Å². The molecule has 4 aliphatic heterocycles. The summed E-state index contributed by atoms with van der Waals surface area (Å²) in [6.07, 6.45) is 28.0. The zero-order valence-electron chi connectivity index (χ0n) is 55.5. The van der Waals surface area contributed by atoms with Gasteiger partial charge in [0.2, 0.25) is 0 Å². The fourth-order valence-electron chi connectivity index (χ4n) is 11.8. The summed E-state index contributed by atoms with van der Waals surface area (Å²) in [4.78, 5) is 18.9. The minimum atomic E-state index is -0.0677. The van der Waals surface area contributed by atoms with Crippen LogP contribution in [0.3, 0.4) is 0 Å². The molecule has 0 aromatic heterocycles. The number of quaternary nitrogens is 1. The van der Waals surface area contributed by atoms with Crippen molar-refractivity contribution < 1.29 is 19.6 Å². The summed E-state index contributed by atoms with van der Waals surface area (Å²) >= 11 is 0. The Bertz CT molecular complexity index is 1390. The second kappa shape index (κ2) is 35.5. The highest BCUT2D eigenvalue weighted by atomic mass is 16.7. The summed E-state index contributed by atoms with van der Waals surface area (Å²) in [6, 6.07) is 0. The maximum atomic E-state index is 11.8. The third-order valence-corrected chi connectivity index (χ3v) is 16.0. The maximum Gasteiger partial charge on any atom is 0.0921 e. The zero-order chi connectivity index (χ0) is 58.7. The fraction of sp³-hybridized carbons (Fsp3) is 0.909. The number of hydrogen-bond donors (Lipinski definition) is 1. The van der Waals surface area contributed by atoms with Gasteiger partial charge in [0.05, 0.1) is 29.4 Å². The molecule has 8 nitrogen and oxygen atoms in total. The van der Waals surface area contributed by atoms with E-state index in [2.05, 4.69) is 208 Å². The van der Waals surface area contributed by atoms with Gasteiger partial charge in [-0.3, -0.25) is 14.5 Å². The molecular weight excluding hydrogens is 913 g/mol. The second-order valence-electron chi connectivity index (χ2n) is 28.5. The average molecular weight is 1050 g/mol. The first-order valence-corrected chi connectivity index (χ1v) is 30.3. The SMILES string of the molecule is C=CC.C=CC.C=CC.CC1(C)CCCC(C)(C)[NH+]1[O-].CCC(C)CC(C)CC(C)ON1C(C)(C)CCCC1(C)C.CCC(C)CC(C)ON1C(C)(C)CCCC1(C)C.CCC(C)ON1C(C)(C)CCCC1(C)C. The number of hydroxylamine groups is 8. The van der Waals surface area contributed by atoms with Crippen LogP contribution in [0.2, 0.25) is 0 Å². The molecule has 0 aliphatic carbocycles. The number of hydrogen-bond acceptors (Lipinski definition) is 7. The summed E-state index contributed by atoms with van der Waals surface area (Å²) in [7, 11) is 0. The quantitative estimate of drug-likeness (QED) is 0.129. The standard InChI is InChI=1S/C19H39NO.C16H33NO.C13H27NO.C9H19NO.3C3H6/c1-9-15(2)13-16(3)14-17(4)21-20-18(5,6)11-10-12-19(20,7)8;1-8-13(2)12-14(3)18-17-15(4,5)10-9-11-16(17,6)7;1-7-11(2)15-14-12(3,4)9-8-10-13(14,5)6;1-8(2)6-5-7-9(3,4)10(8)11;3*1-3-2/h15-17H,9-14H2,1-8H3;13-14H,8-12H2,1-7H3;11H,7-10H2,1-6H3;10H,5-7H2,1-4H3;3*3H,1H2,2H3. The fourth-order valence-corrected chi connectivity index (χ4v) is 11.8. The third-order valence-electron chi connectivity index (χ3n) is 16.0. The number of allylic oxidation sites excluding steroid dienone is 3. The molecule has 0 saturated carbocycles. The molecular formula is C66H136N4O4. The molecule has 0 amide bonds. The molecule has 6 unspecified atom stereocenters. The minimum absolute atomic E-state index is 0.0677. The van der Waals surface area contributed by atoms with E-state index in [4.69, 9.17) is 14.5 Å². The van der Waals surface area contributed by atoms with Crippen LogP contribution >= 0.6 is 0 Å². The predicted octanol–water partition coefficient (Wildman–Crippen LogP) is 19.0. The lowest BCUT2D eigenvalue weighted by atomic mass is 9.82. The van der Waals surface area contributed by atoms with Gasteiger partial charge in [-0.1, -0.05) is 72.6 Å². The van der Waals surface area contributed by atoms with Gasteiger partial charge in [-0.05, 0) is 260 Å². The number of rotatable bonds is 15. The molecule has 4 saturated heterocycles. The number of nitrogens with zero attached hydrogens (tertiary/aromatic N) is 3. The van der Waals surface area contributed by atoms with Gasteiger partial charge in [0.1, 0.15) is 0 Å². The highest BCUT2D eigenvalue weighted by Gasteiger charge is 2.46. The van der Waals surface area contributed by atoms with Crippen LogP contribution in [-0.4, -0.2) is 77.8 Å². The van der Waals surface area contributed by atoms with Gasteiger partial charge in [0.25, 0.3) is 0 Å². The molecule has 8 heteroatoms. The molecule has 74 heavy (non-hydrogen) atoms. The van der Waals surface area contributed by atoms with Crippen molar-refractivity contribution >= 4 is 0 Å². The van der Waals surface area contributed by atoms with Crippen molar-refractivity contribution in [3.63, 3.8) is 0 Å². The molecule has 0 spiro atoms. The van der Waals surface area contributed by atoms with Crippen LogP contribution in [-0.2, 0) is 14.5 Å². The van der Waals surface area contributed by atoms with Crippen molar-refractivity contribution in [1.82, 2.24) is 15.2 Å². The van der Waals surface area contributed by atoms with Crippen LogP contribution in [0.25, 0.3) is 0 Å². The predicted molar refractivity (Wildman–Crippen MR) is 329 cm³/mol. The summed E-state index contributed by atoms with van der Waals surface area (Å²) in [5, 5.41) is 19.1. The Labute approximate surface area is 465 Å². The first-order valence-electron chi connectivity index (χ1n) is 30.3. The zero-order valence-corrected chi connectivity index (χ0v) is 55.5. The number of nitrogens with one attached hydrogen (secondary N) is 1. The highest BCUT2D eigenvalue weighted by Crippen LogP contribution is 2.42. The topological polar surface area (TPSA) is 64.9 Å². The van der Waals surface area contributed by atoms with Crippen LogP contribution in [0.1, 0.15) is 309 Å². The molecule has 4 fully saturated rings. The van der Waals surface area contributed by atoms with Crippen molar-refractivity contribution in [1.29, 1.82) is 0 Å². The summed E-state index contributed by atoms with van der Waals surface area (Å²) in [5.41, 5.74) is 0.822. The van der Waals surface area contributed by atoms with E-state index in [1.165, 1.54) is 83.5 Å². The van der Waals surface area contributed by atoms with Crippen molar-refractivity contribution in [3.05, 3.63) is 43.2 Å². The van der Waals surface area contributed by atoms with Crippen LogP contribution in [0.4, 0.5) is 0 Å². The molecule has 6 atom stereocenters. The molecule has 1 N–H and O–H groups in total. The number of piperidine rings is 4. The van der Waals surface area contributed by atoms with E-state index < -0.39 is 0 Å². The molecule has 0 aromatic rings. The van der Waals surface area contributed by atoms with Crippen LogP contribution in [0.5, 0.6) is 0 Å². The molecule has 4 aliphatic rings. The Morgan fingerprint density at radius 2 is 0.608 bits per heavy atom. The summed E-state index contributed by atoms with van der Waals surface area (Å²) in [6.45, 7) is 72.1. The lowest BCUT2D eigenvalue weighted by molar-refractivity contribution is -0.955. The normalized spacial score (nSPS) is 24.6. The Kier molecular flexibility index (Phi) is 37.0. The second-order valence-corrected chi connectivity index (χ2v) is 28.5. The lowest BCUT2D eigenvalue weighted by Crippen LogP contribution is -3.22. The van der Waals surface area contributed by atoms with E-state index in [1.54, 1.807) is 18.2 Å². The highest BCUT2D eigenvalue weighted by molar-refractivity contribution is 4.95. The Balaban J connectivity index is -0.000000874. The van der Waals surface area contributed by atoms with Crippen molar-refractivity contribution in [2.24, 2.45) is 17.8 Å². The largest absolute Gasteiger partial charge is 0.634 e. The average Bonchev–Trinajstić information content (AvgIpc) is 3.25. The monoisotopic (exact) mass is 1050 g/mol. The maximum absolute atomic E-state index is 11.8. The molecule has 444 valence electrons. The van der Waals surface area contributed by atoms with Crippen molar-refractivity contribution in [2.75, 3.05) is 0 Å². The first-order chi connectivity index (χ1) is 33.7. The van der Waals surface area contributed by atoms with Gasteiger partial charge in [-0.15, -0.1) is 19.7 Å². The van der Waals surface area contributed by atoms with E-state index in [-0.39, 0.29) is 44.3 Å². The third kappa shape index (κ3) is 29.2. The Morgan fingerprint density at radius 3 is 0.838 bits per heavy atom. The van der Waals surface area contributed by atoms with Gasteiger partial charge in [-0.2, -0.15) is 15.2 Å². The van der Waals surface area contributed by atoms with Gasteiger partial charge < -0.3 is 10.3 Å². The van der Waals surface area contributed by atoms with E-state index in [9.17, 15) is 5.21 Å². The smallest absolute Gasteiger partial charge is 0.0921 e. The van der Waals surface area contributed by atoms with Gasteiger partial charge in [0.15, 0.2) is 0 Å². The molecule has 0 radical (unpaired) electrons. The van der Waals surface area contributed by atoms with E-state index in [0.717, 1.165) is 49.9 Å². The van der Waals surface area contributed by atoms with Crippen LogP contribution in [0.15, 0.2) is 38.0 Å². The van der Waals surface area contributed by atoms with E-state index >= 15 is 0 Å².